The summed E-state index contributed by atoms with van der Waals surface area (Å²) in [7, 11) is 0. The Labute approximate surface area is 156 Å². The van der Waals surface area contributed by atoms with Crippen LogP contribution in [-0.2, 0) is 0 Å². The van der Waals surface area contributed by atoms with Crippen molar-refractivity contribution in [3.63, 3.8) is 0 Å². The number of hydrogen-bond acceptors (Lipinski definition) is 2. The zero-order valence-electron chi connectivity index (χ0n) is 15.0. The van der Waals surface area contributed by atoms with Crippen molar-refractivity contribution >= 4 is 22.7 Å². The summed E-state index contributed by atoms with van der Waals surface area (Å²) in [6.07, 6.45) is 1.83. The SMILES string of the molecule is Cc1cc(/C=C(\C#N)c2nc3ccccc3[nH]2)c(C)n1-c1ccc(F)cc1. The Kier molecular flexibility index (Phi) is 4.09. The highest BCUT2D eigenvalue weighted by atomic mass is 19.1. The van der Waals surface area contributed by atoms with Crippen molar-refractivity contribution in [2.75, 3.05) is 0 Å². The third kappa shape index (κ3) is 3.02. The Morgan fingerprint density at radius 3 is 2.59 bits per heavy atom. The summed E-state index contributed by atoms with van der Waals surface area (Å²) < 4.78 is 15.3. The lowest BCUT2D eigenvalue weighted by Crippen LogP contribution is -1.99. The van der Waals surface area contributed by atoms with E-state index >= 15 is 0 Å². The quantitative estimate of drug-likeness (QED) is 0.515. The number of aryl methyl sites for hydroxylation is 1. The molecule has 4 rings (SSSR count). The number of rotatable bonds is 3. The van der Waals surface area contributed by atoms with E-state index in [0.717, 1.165) is 33.7 Å². The zero-order chi connectivity index (χ0) is 19.0. The largest absolute Gasteiger partial charge is 0.337 e. The van der Waals surface area contributed by atoms with E-state index in [0.29, 0.717) is 11.4 Å². The number of nitriles is 1. The summed E-state index contributed by atoms with van der Waals surface area (Å²) in [5, 5.41) is 9.65. The molecular weight excluding hydrogens is 339 g/mol. The van der Waals surface area contributed by atoms with E-state index in [1.54, 1.807) is 12.1 Å². The first-order valence-corrected chi connectivity index (χ1v) is 8.58. The fourth-order valence-corrected chi connectivity index (χ4v) is 3.31. The lowest BCUT2D eigenvalue weighted by Gasteiger charge is -2.09. The van der Waals surface area contributed by atoms with Crippen LogP contribution < -0.4 is 0 Å². The molecule has 0 amide bonds. The van der Waals surface area contributed by atoms with E-state index in [4.69, 9.17) is 0 Å². The molecule has 0 fully saturated rings. The molecule has 4 aromatic rings. The third-order valence-corrected chi connectivity index (χ3v) is 4.62. The van der Waals surface area contributed by atoms with E-state index in [1.165, 1.54) is 12.1 Å². The van der Waals surface area contributed by atoms with Crippen LogP contribution in [-0.4, -0.2) is 14.5 Å². The van der Waals surface area contributed by atoms with Crippen LogP contribution in [0.5, 0.6) is 0 Å². The molecule has 0 saturated carbocycles. The number of benzene rings is 2. The molecule has 0 aliphatic carbocycles. The van der Waals surface area contributed by atoms with E-state index in [2.05, 4.69) is 16.0 Å². The van der Waals surface area contributed by atoms with Crippen LogP contribution in [0.15, 0.2) is 54.6 Å². The van der Waals surface area contributed by atoms with Crippen LogP contribution in [0.4, 0.5) is 4.39 Å². The van der Waals surface area contributed by atoms with E-state index in [-0.39, 0.29) is 5.82 Å². The van der Waals surface area contributed by atoms with E-state index in [9.17, 15) is 9.65 Å². The maximum atomic E-state index is 13.2. The maximum absolute atomic E-state index is 13.2. The zero-order valence-corrected chi connectivity index (χ0v) is 15.0. The molecule has 1 N–H and O–H groups in total. The third-order valence-electron chi connectivity index (χ3n) is 4.62. The van der Waals surface area contributed by atoms with E-state index < -0.39 is 0 Å². The number of allylic oxidation sites excluding steroid dienone is 1. The maximum Gasteiger partial charge on any atom is 0.149 e. The van der Waals surface area contributed by atoms with Gasteiger partial charge in [-0.2, -0.15) is 5.26 Å². The number of para-hydroxylation sites is 2. The van der Waals surface area contributed by atoms with Gasteiger partial charge >= 0.3 is 0 Å². The smallest absolute Gasteiger partial charge is 0.149 e. The van der Waals surface area contributed by atoms with Gasteiger partial charge in [-0.15, -0.1) is 0 Å². The number of nitrogens with zero attached hydrogens (tertiary/aromatic N) is 3. The van der Waals surface area contributed by atoms with Crippen molar-refractivity contribution in [2.45, 2.75) is 13.8 Å². The summed E-state index contributed by atoms with van der Waals surface area (Å²) in [6.45, 7) is 3.97. The van der Waals surface area contributed by atoms with Gasteiger partial charge in [-0.05, 0) is 68.0 Å². The summed E-state index contributed by atoms with van der Waals surface area (Å²) in [5.74, 6) is 0.281. The molecule has 2 aromatic heterocycles. The van der Waals surface area contributed by atoms with Gasteiger partial charge in [-0.3, -0.25) is 0 Å². The predicted octanol–water partition coefficient (Wildman–Crippen LogP) is 5.17. The lowest BCUT2D eigenvalue weighted by atomic mass is 10.1. The second kappa shape index (κ2) is 6.58. The number of halogens is 1. The number of imidazole rings is 1. The molecule has 0 spiro atoms. The van der Waals surface area contributed by atoms with Crippen molar-refractivity contribution in [3.05, 3.63) is 83.2 Å². The number of nitrogens with one attached hydrogen (secondary N) is 1. The van der Waals surface area contributed by atoms with Crippen molar-refractivity contribution in [1.29, 1.82) is 5.26 Å². The molecule has 0 unspecified atom stereocenters. The average Bonchev–Trinajstić information content (AvgIpc) is 3.21. The fraction of sp³-hybridized carbons (Fsp3) is 0.0909. The second-order valence-corrected chi connectivity index (χ2v) is 6.41. The number of fused-ring (bicyclic) bond motifs is 1. The van der Waals surface area contributed by atoms with Gasteiger partial charge in [-0.25, -0.2) is 9.37 Å². The minimum Gasteiger partial charge on any atom is -0.337 e. The van der Waals surface area contributed by atoms with Gasteiger partial charge in [0.25, 0.3) is 0 Å². The van der Waals surface area contributed by atoms with Crippen LogP contribution in [0.1, 0.15) is 22.8 Å². The predicted molar refractivity (Wildman–Crippen MR) is 105 cm³/mol. The molecule has 0 bridgehead atoms. The minimum atomic E-state index is -0.266. The van der Waals surface area contributed by atoms with Gasteiger partial charge in [0.05, 0.1) is 16.6 Å². The van der Waals surface area contributed by atoms with Gasteiger partial charge in [0.15, 0.2) is 0 Å². The fourth-order valence-electron chi connectivity index (χ4n) is 3.31. The van der Waals surface area contributed by atoms with Crippen molar-refractivity contribution < 1.29 is 4.39 Å². The summed E-state index contributed by atoms with van der Waals surface area (Å²) >= 11 is 0. The topological polar surface area (TPSA) is 57.4 Å². The van der Waals surface area contributed by atoms with Crippen LogP contribution in [0.2, 0.25) is 0 Å². The Morgan fingerprint density at radius 2 is 1.89 bits per heavy atom. The Bertz CT molecular complexity index is 1170. The molecule has 4 nitrogen and oxygen atoms in total. The summed E-state index contributed by atoms with van der Waals surface area (Å²) in [6, 6.07) is 18.3. The van der Waals surface area contributed by atoms with Crippen LogP contribution >= 0.6 is 0 Å². The molecule has 132 valence electrons. The standard InChI is InChI=1S/C22H17FN4/c1-14-11-16(15(2)27(14)19-9-7-18(23)8-10-19)12-17(13-24)22-25-20-5-3-4-6-21(20)26-22/h3-12H,1-2H3,(H,25,26)/b17-12+. The Morgan fingerprint density at radius 1 is 1.15 bits per heavy atom. The van der Waals surface area contributed by atoms with Crippen molar-refractivity contribution in [1.82, 2.24) is 14.5 Å². The number of H-pyrrole nitrogens is 1. The van der Waals surface area contributed by atoms with Crippen LogP contribution in [0.3, 0.4) is 0 Å². The molecule has 0 radical (unpaired) electrons. The molecule has 0 atom stereocenters. The molecule has 0 aliphatic heterocycles. The number of hydrogen-bond donors (Lipinski definition) is 1. The van der Waals surface area contributed by atoms with Gasteiger partial charge in [0.1, 0.15) is 17.7 Å². The first-order valence-electron chi connectivity index (χ1n) is 8.58. The second-order valence-electron chi connectivity index (χ2n) is 6.41. The molecule has 0 aliphatic rings. The normalized spacial score (nSPS) is 11.7. The van der Waals surface area contributed by atoms with Gasteiger partial charge in [-0.1, -0.05) is 12.1 Å². The monoisotopic (exact) mass is 356 g/mol. The molecule has 2 aromatic carbocycles. The Balaban J connectivity index is 1.79. The highest BCUT2D eigenvalue weighted by Gasteiger charge is 2.13. The molecule has 5 heteroatoms. The molecule has 0 saturated heterocycles. The van der Waals surface area contributed by atoms with E-state index in [1.807, 2.05) is 54.8 Å². The summed E-state index contributed by atoms with van der Waals surface area (Å²) in [5.41, 5.74) is 5.97. The molecular formula is C22H17FN4. The van der Waals surface area contributed by atoms with Crippen LogP contribution in [0, 0.1) is 31.0 Å². The minimum absolute atomic E-state index is 0.266. The summed E-state index contributed by atoms with van der Waals surface area (Å²) in [4.78, 5) is 7.71. The van der Waals surface area contributed by atoms with Crippen molar-refractivity contribution in [3.8, 4) is 11.8 Å². The van der Waals surface area contributed by atoms with Crippen LogP contribution in [0.25, 0.3) is 28.4 Å². The van der Waals surface area contributed by atoms with Gasteiger partial charge in [0.2, 0.25) is 0 Å². The Hall–Kier alpha value is -3.65. The average molecular weight is 356 g/mol. The lowest BCUT2D eigenvalue weighted by molar-refractivity contribution is 0.627. The molecule has 2 heterocycles. The number of aromatic nitrogens is 3. The number of aromatic amines is 1. The van der Waals surface area contributed by atoms with Gasteiger partial charge in [0, 0.05) is 17.1 Å². The highest BCUT2D eigenvalue weighted by Crippen LogP contribution is 2.25. The first-order chi connectivity index (χ1) is 13.1. The highest BCUT2D eigenvalue weighted by molar-refractivity contribution is 5.90. The first kappa shape index (κ1) is 16.8. The van der Waals surface area contributed by atoms with Gasteiger partial charge < -0.3 is 9.55 Å². The van der Waals surface area contributed by atoms with Crippen molar-refractivity contribution in [2.24, 2.45) is 0 Å². The molecule has 27 heavy (non-hydrogen) atoms.